The van der Waals surface area contributed by atoms with Crippen LogP contribution in [0.5, 0.6) is 0 Å². The monoisotopic (exact) mass is 438 g/mol. The van der Waals surface area contributed by atoms with Crippen LogP contribution in [0.2, 0.25) is 0 Å². The average Bonchev–Trinajstić information content (AvgIpc) is 3.36. The van der Waals surface area contributed by atoms with E-state index in [1.54, 1.807) is 31.2 Å². The van der Waals surface area contributed by atoms with E-state index in [1.807, 2.05) is 0 Å². The van der Waals surface area contributed by atoms with Crippen LogP contribution in [0.4, 0.5) is 4.79 Å². The first-order valence-corrected chi connectivity index (χ1v) is 11.9. The maximum Gasteiger partial charge on any atom is 0.293 e. The van der Waals surface area contributed by atoms with Crippen LogP contribution in [0.3, 0.4) is 0 Å². The molecule has 0 saturated carbocycles. The Balaban J connectivity index is 1.57. The van der Waals surface area contributed by atoms with Gasteiger partial charge in [-0.1, -0.05) is 6.08 Å². The maximum absolute atomic E-state index is 12.6. The molecule has 2 fully saturated rings. The fourth-order valence-corrected chi connectivity index (χ4v) is 5.88. The number of carbonyl (C=O) groups excluding carboxylic acids is 3. The van der Waals surface area contributed by atoms with Crippen LogP contribution in [0.1, 0.15) is 25.5 Å². The summed E-state index contributed by atoms with van der Waals surface area (Å²) in [5, 5.41) is -0.424. The van der Waals surface area contributed by atoms with E-state index in [4.69, 9.17) is 4.42 Å². The third kappa shape index (κ3) is 5.18. The molecule has 3 rings (SSSR count). The van der Waals surface area contributed by atoms with Crippen molar-refractivity contribution in [3.8, 4) is 0 Å². The van der Waals surface area contributed by atoms with E-state index in [-0.39, 0.29) is 41.3 Å². The van der Waals surface area contributed by atoms with Gasteiger partial charge < -0.3 is 9.32 Å². The summed E-state index contributed by atoms with van der Waals surface area (Å²) in [4.78, 5) is 40.0. The van der Waals surface area contributed by atoms with Crippen molar-refractivity contribution in [3.05, 3.63) is 41.2 Å². The van der Waals surface area contributed by atoms with Crippen molar-refractivity contribution in [1.82, 2.24) is 9.80 Å². The second-order valence-corrected chi connectivity index (χ2v) is 9.94. The third-order valence-corrected chi connectivity index (χ3v) is 7.46. The highest BCUT2D eigenvalue weighted by atomic mass is 32.2. The molecule has 3 heterocycles. The van der Waals surface area contributed by atoms with Crippen molar-refractivity contribution in [2.24, 2.45) is 0 Å². The Morgan fingerprint density at radius 2 is 2.21 bits per heavy atom. The van der Waals surface area contributed by atoms with E-state index in [1.165, 1.54) is 17.2 Å². The predicted octanol–water partition coefficient (Wildman–Crippen LogP) is 2.30. The molecule has 10 heteroatoms. The molecule has 2 saturated heterocycles. The van der Waals surface area contributed by atoms with Crippen molar-refractivity contribution >= 4 is 44.7 Å². The number of rotatable bonds is 7. The van der Waals surface area contributed by atoms with E-state index in [2.05, 4.69) is 0 Å². The number of carbonyl (C=O) groups is 3. The maximum atomic E-state index is 12.6. The zero-order chi connectivity index (χ0) is 21.0. The number of hydrogen-bond acceptors (Lipinski definition) is 7. The van der Waals surface area contributed by atoms with Crippen LogP contribution in [0.15, 0.2) is 39.9 Å². The van der Waals surface area contributed by atoms with Crippen LogP contribution in [0, 0.1) is 0 Å². The lowest BCUT2D eigenvalue weighted by Gasteiger charge is -2.27. The van der Waals surface area contributed by atoms with E-state index in [9.17, 15) is 22.8 Å². The van der Waals surface area contributed by atoms with Crippen molar-refractivity contribution in [1.29, 1.82) is 0 Å². The smallest absolute Gasteiger partial charge is 0.293 e. The molecule has 0 N–H and O–H groups in total. The zero-order valence-corrected chi connectivity index (χ0v) is 17.6. The Bertz CT molecular complexity index is 949. The standard InChI is InChI=1S/C19H22N2O6S2/c1-2-20(14-9-12-29(25,26)13-14)17(22)8-10-21-18(23)16(28-19(21)24)7-3-5-15-6-4-11-27-15/h3-7,11,14H,2,8-10,12-13H2,1H3. The number of thioether (sulfide) groups is 1. The molecule has 2 aliphatic heterocycles. The Morgan fingerprint density at radius 3 is 2.83 bits per heavy atom. The van der Waals surface area contributed by atoms with E-state index < -0.39 is 21.0 Å². The molecule has 3 amide bonds. The highest BCUT2D eigenvalue weighted by Crippen LogP contribution is 2.31. The SMILES string of the molecule is CCN(C(=O)CCN1C(=O)SC(=CC=Cc2ccco2)C1=O)C1CCS(=O)(=O)C1. The number of furan rings is 1. The van der Waals surface area contributed by atoms with Crippen LogP contribution >= 0.6 is 11.8 Å². The number of amides is 3. The van der Waals surface area contributed by atoms with Gasteiger partial charge in [-0.05, 0) is 49.4 Å². The summed E-state index contributed by atoms with van der Waals surface area (Å²) in [6.07, 6.45) is 6.76. The summed E-state index contributed by atoms with van der Waals surface area (Å²) in [6.45, 7) is 2.15. The van der Waals surface area contributed by atoms with Crippen LogP contribution in [0.25, 0.3) is 6.08 Å². The van der Waals surface area contributed by atoms with Crippen molar-refractivity contribution in [2.75, 3.05) is 24.6 Å². The Hall–Kier alpha value is -2.33. The first-order valence-electron chi connectivity index (χ1n) is 9.26. The first-order chi connectivity index (χ1) is 13.8. The molecule has 2 aliphatic rings. The first kappa shape index (κ1) is 21.4. The third-order valence-electron chi connectivity index (χ3n) is 4.78. The molecular formula is C19H22N2O6S2. The molecule has 156 valence electrons. The highest BCUT2D eigenvalue weighted by molar-refractivity contribution is 8.18. The van der Waals surface area contributed by atoms with Crippen LogP contribution in [-0.4, -0.2) is 65.9 Å². The number of nitrogens with zero attached hydrogens (tertiary/aromatic N) is 2. The lowest BCUT2D eigenvalue weighted by molar-refractivity contribution is -0.133. The average molecular weight is 439 g/mol. The van der Waals surface area contributed by atoms with E-state index in [0.717, 1.165) is 16.7 Å². The second kappa shape index (κ2) is 9.00. The summed E-state index contributed by atoms with van der Waals surface area (Å²) in [6, 6.07) is 3.17. The van der Waals surface area contributed by atoms with Gasteiger partial charge in [0, 0.05) is 25.6 Å². The van der Waals surface area contributed by atoms with Crippen LogP contribution in [-0.2, 0) is 19.4 Å². The van der Waals surface area contributed by atoms with Gasteiger partial charge in [0.1, 0.15) is 5.76 Å². The zero-order valence-electron chi connectivity index (χ0n) is 15.9. The molecule has 0 bridgehead atoms. The summed E-state index contributed by atoms with van der Waals surface area (Å²) < 4.78 is 28.5. The summed E-state index contributed by atoms with van der Waals surface area (Å²) in [7, 11) is -3.10. The normalized spacial score (nSPS) is 22.9. The highest BCUT2D eigenvalue weighted by Gasteiger charge is 2.37. The van der Waals surface area contributed by atoms with Gasteiger partial charge in [-0.15, -0.1) is 0 Å². The molecule has 0 radical (unpaired) electrons. The molecule has 0 aliphatic carbocycles. The number of imide groups is 1. The van der Waals surface area contributed by atoms with Crippen molar-refractivity contribution in [3.63, 3.8) is 0 Å². The van der Waals surface area contributed by atoms with Gasteiger partial charge >= 0.3 is 0 Å². The quantitative estimate of drug-likeness (QED) is 0.602. The van der Waals surface area contributed by atoms with Gasteiger partial charge in [-0.3, -0.25) is 19.3 Å². The number of allylic oxidation sites excluding steroid dienone is 2. The van der Waals surface area contributed by atoms with Gasteiger partial charge in [-0.25, -0.2) is 8.42 Å². The van der Waals surface area contributed by atoms with Crippen molar-refractivity contribution in [2.45, 2.75) is 25.8 Å². The van der Waals surface area contributed by atoms with Gasteiger partial charge in [-0.2, -0.15) is 0 Å². The van der Waals surface area contributed by atoms with Gasteiger partial charge in [0.05, 0.1) is 22.7 Å². The van der Waals surface area contributed by atoms with Gasteiger partial charge in [0.25, 0.3) is 11.1 Å². The van der Waals surface area contributed by atoms with Crippen LogP contribution < -0.4 is 0 Å². The molecular weight excluding hydrogens is 416 g/mol. The molecule has 1 aromatic rings. The van der Waals surface area contributed by atoms with E-state index >= 15 is 0 Å². The topological polar surface area (TPSA) is 105 Å². The lowest BCUT2D eigenvalue weighted by atomic mass is 10.2. The molecule has 0 aromatic carbocycles. The predicted molar refractivity (Wildman–Crippen MR) is 110 cm³/mol. The minimum atomic E-state index is -3.10. The van der Waals surface area contributed by atoms with Crippen molar-refractivity contribution < 1.29 is 27.2 Å². The fourth-order valence-electron chi connectivity index (χ4n) is 3.33. The molecule has 1 atom stereocenters. The molecule has 29 heavy (non-hydrogen) atoms. The van der Waals surface area contributed by atoms with Gasteiger partial charge in [0.2, 0.25) is 5.91 Å². The largest absolute Gasteiger partial charge is 0.465 e. The fraction of sp³-hybridized carbons (Fsp3) is 0.421. The van der Waals surface area contributed by atoms with E-state index in [0.29, 0.717) is 18.7 Å². The Labute approximate surface area is 173 Å². The number of sulfone groups is 1. The minimum Gasteiger partial charge on any atom is -0.465 e. The lowest BCUT2D eigenvalue weighted by Crippen LogP contribution is -2.42. The molecule has 1 aromatic heterocycles. The van der Waals surface area contributed by atoms with Gasteiger partial charge in [0.15, 0.2) is 9.84 Å². The molecule has 0 spiro atoms. The Morgan fingerprint density at radius 1 is 1.41 bits per heavy atom. The molecule has 1 unspecified atom stereocenters. The Kier molecular flexibility index (Phi) is 6.63. The second-order valence-electron chi connectivity index (χ2n) is 6.72. The minimum absolute atomic E-state index is 0.0289. The summed E-state index contributed by atoms with van der Waals surface area (Å²) >= 11 is 0.822. The number of hydrogen-bond donors (Lipinski definition) is 0. The molecule has 8 nitrogen and oxygen atoms in total. The summed E-state index contributed by atoms with van der Waals surface area (Å²) in [5.74, 6) is -0.0156. The summed E-state index contributed by atoms with van der Waals surface area (Å²) in [5.41, 5.74) is 0.